The quantitative estimate of drug-likeness (QED) is 0.812. The maximum absolute atomic E-state index is 5.78. The largest absolute Gasteiger partial charge is 0.467 e. The monoisotopic (exact) mass is 265 g/mol. The van der Waals surface area contributed by atoms with Gasteiger partial charge < -0.3 is 14.5 Å². The maximum atomic E-state index is 5.78. The smallest absolute Gasteiger partial charge is 0.129 e. The van der Waals surface area contributed by atoms with Gasteiger partial charge in [-0.15, -0.1) is 0 Å². The molecule has 1 heterocycles. The van der Waals surface area contributed by atoms with E-state index in [-0.39, 0.29) is 0 Å². The molecule has 1 aliphatic carbocycles. The second-order valence-electron chi connectivity index (χ2n) is 5.98. The number of nitrogens with one attached hydrogen (secondary N) is 1. The van der Waals surface area contributed by atoms with Gasteiger partial charge in [0, 0.05) is 24.8 Å². The van der Waals surface area contributed by atoms with Gasteiger partial charge in [0.2, 0.25) is 0 Å². The first-order chi connectivity index (χ1) is 9.24. The highest BCUT2D eigenvalue weighted by Gasteiger charge is 2.13. The molecule has 0 aliphatic heterocycles. The van der Waals surface area contributed by atoms with Crippen LogP contribution in [-0.2, 0) is 17.9 Å². The van der Waals surface area contributed by atoms with Crippen LogP contribution in [0, 0.1) is 5.92 Å². The molecule has 19 heavy (non-hydrogen) atoms. The number of rotatable bonds is 7. The van der Waals surface area contributed by atoms with E-state index in [9.17, 15) is 0 Å². The van der Waals surface area contributed by atoms with Crippen LogP contribution in [0.4, 0.5) is 0 Å². The molecule has 0 bridgehead atoms. The van der Waals surface area contributed by atoms with Crippen LogP contribution in [0.25, 0.3) is 0 Å². The van der Waals surface area contributed by atoms with Gasteiger partial charge in [-0.2, -0.15) is 0 Å². The standard InChI is InChI=1S/C16H27NO2/c1-13(2)17-9-15-8-16(19-11-15)12-18-10-14-6-4-3-5-7-14/h8,11,13-14,17H,3-7,9-10,12H2,1-2H3. The Labute approximate surface area is 116 Å². The molecule has 0 atom stereocenters. The molecule has 1 aromatic heterocycles. The highest BCUT2D eigenvalue weighted by atomic mass is 16.5. The van der Waals surface area contributed by atoms with Gasteiger partial charge in [0.25, 0.3) is 0 Å². The molecule has 0 aromatic carbocycles. The predicted molar refractivity (Wildman–Crippen MR) is 76.9 cm³/mol. The van der Waals surface area contributed by atoms with Crippen molar-refractivity contribution in [3.63, 3.8) is 0 Å². The van der Waals surface area contributed by atoms with E-state index in [1.807, 2.05) is 6.26 Å². The van der Waals surface area contributed by atoms with Crippen LogP contribution < -0.4 is 5.32 Å². The summed E-state index contributed by atoms with van der Waals surface area (Å²) < 4.78 is 11.3. The molecule has 1 fully saturated rings. The zero-order valence-electron chi connectivity index (χ0n) is 12.3. The Morgan fingerprint density at radius 1 is 1.32 bits per heavy atom. The summed E-state index contributed by atoms with van der Waals surface area (Å²) >= 11 is 0. The second-order valence-corrected chi connectivity index (χ2v) is 5.98. The summed E-state index contributed by atoms with van der Waals surface area (Å²) in [6.45, 7) is 6.66. The van der Waals surface area contributed by atoms with Gasteiger partial charge in [0.05, 0.1) is 6.26 Å². The minimum absolute atomic E-state index is 0.501. The minimum atomic E-state index is 0.501. The van der Waals surface area contributed by atoms with Crippen molar-refractivity contribution < 1.29 is 9.15 Å². The van der Waals surface area contributed by atoms with Gasteiger partial charge >= 0.3 is 0 Å². The lowest BCUT2D eigenvalue weighted by Gasteiger charge is -2.20. The van der Waals surface area contributed by atoms with Crippen LogP contribution in [0.3, 0.4) is 0 Å². The van der Waals surface area contributed by atoms with Crippen LogP contribution in [0.15, 0.2) is 16.7 Å². The number of ether oxygens (including phenoxy) is 1. The minimum Gasteiger partial charge on any atom is -0.467 e. The number of hydrogen-bond donors (Lipinski definition) is 1. The number of hydrogen-bond acceptors (Lipinski definition) is 3. The average Bonchev–Trinajstić information content (AvgIpc) is 2.86. The van der Waals surface area contributed by atoms with Crippen LogP contribution in [0.5, 0.6) is 0 Å². The molecule has 1 N–H and O–H groups in total. The van der Waals surface area contributed by atoms with E-state index >= 15 is 0 Å². The Morgan fingerprint density at radius 2 is 2.11 bits per heavy atom. The Morgan fingerprint density at radius 3 is 2.84 bits per heavy atom. The second kappa shape index (κ2) is 7.71. The molecule has 1 saturated carbocycles. The van der Waals surface area contributed by atoms with Gasteiger partial charge in [0.15, 0.2) is 0 Å². The van der Waals surface area contributed by atoms with E-state index in [2.05, 4.69) is 25.2 Å². The fraction of sp³-hybridized carbons (Fsp3) is 0.750. The van der Waals surface area contributed by atoms with Crippen molar-refractivity contribution in [1.29, 1.82) is 0 Å². The lowest BCUT2D eigenvalue weighted by molar-refractivity contribution is 0.0637. The van der Waals surface area contributed by atoms with E-state index in [0.29, 0.717) is 12.6 Å². The lowest BCUT2D eigenvalue weighted by atomic mass is 9.90. The Balaban J connectivity index is 1.65. The normalized spacial score (nSPS) is 17.2. The summed E-state index contributed by atoms with van der Waals surface area (Å²) in [5.41, 5.74) is 1.20. The van der Waals surface area contributed by atoms with Gasteiger partial charge in [-0.05, 0) is 24.8 Å². The van der Waals surface area contributed by atoms with Crippen LogP contribution in [-0.4, -0.2) is 12.6 Å². The summed E-state index contributed by atoms with van der Waals surface area (Å²) in [5, 5.41) is 3.38. The van der Waals surface area contributed by atoms with Gasteiger partial charge in [-0.3, -0.25) is 0 Å². The molecule has 0 radical (unpaired) electrons. The topological polar surface area (TPSA) is 34.4 Å². The average molecular weight is 265 g/mol. The Hall–Kier alpha value is -0.800. The van der Waals surface area contributed by atoms with Gasteiger partial charge in [-0.1, -0.05) is 33.1 Å². The van der Waals surface area contributed by atoms with Crippen molar-refractivity contribution in [2.24, 2.45) is 5.92 Å². The zero-order valence-corrected chi connectivity index (χ0v) is 12.3. The molecule has 2 rings (SSSR count). The first-order valence-corrected chi connectivity index (χ1v) is 7.61. The van der Waals surface area contributed by atoms with Gasteiger partial charge in [0.1, 0.15) is 12.4 Å². The van der Waals surface area contributed by atoms with E-state index in [1.54, 1.807) is 0 Å². The molecule has 108 valence electrons. The molecule has 0 saturated heterocycles. The molecule has 3 heteroatoms. The first kappa shape index (κ1) is 14.6. The molecule has 3 nitrogen and oxygen atoms in total. The molecule has 1 aliphatic rings. The highest BCUT2D eigenvalue weighted by Crippen LogP contribution is 2.24. The van der Waals surface area contributed by atoms with Crippen LogP contribution in [0.2, 0.25) is 0 Å². The van der Waals surface area contributed by atoms with E-state index < -0.39 is 0 Å². The number of furan rings is 1. The van der Waals surface area contributed by atoms with Crippen molar-refractivity contribution in [2.75, 3.05) is 6.61 Å². The zero-order chi connectivity index (χ0) is 13.5. The van der Waals surface area contributed by atoms with E-state index in [0.717, 1.165) is 24.8 Å². The Kier molecular flexibility index (Phi) is 5.93. The molecular formula is C16H27NO2. The van der Waals surface area contributed by atoms with Crippen molar-refractivity contribution in [3.8, 4) is 0 Å². The predicted octanol–water partition coefficient (Wildman–Crippen LogP) is 3.87. The molecule has 1 aromatic rings. The van der Waals surface area contributed by atoms with Crippen molar-refractivity contribution >= 4 is 0 Å². The summed E-state index contributed by atoms with van der Waals surface area (Å²) in [7, 11) is 0. The van der Waals surface area contributed by atoms with Crippen molar-refractivity contribution in [2.45, 2.75) is 65.1 Å². The third-order valence-electron chi connectivity index (χ3n) is 3.75. The highest BCUT2D eigenvalue weighted by molar-refractivity contribution is 5.12. The summed E-state index contributed by atoms with van der Waals surface area (Å²) in [6, 6.07) is 2.59. The fourth-order valence-corrected chi connectivity index (χ4v) is 2.60. The van der Waals surface area contributed by atoms with E-state index in [1.165, 1.54) is 37.7 Å². The summed E-state index contributed by atoms with van der Waals surface area (Å²) in [6.07, 6.45) is 8.65. The van der Waals surface area contributed by atoms with E-state index in [4.69, 9.17) is 9.15 Å². The fourth-order valence-electron chi connectivity index (χ4n) is 2.60. The summed E-state index contributed by atoms with van der Waals surface area (Å²) in [5.74, 6) is 1.71. The molecule has 0 spiro atoms. The first-order valence-electron chi connectivity index (χ1n) is 7.61. The Bertz CT molecular complexity index is 353. The van der Waals surface area contributed by atoms with Crippen LogP contribution in [0.1, 0.15) is 57.3 Å². The maximum Gasteiger partial charge on any atom is 0.129 e. The van der Waals surface area contributed by atoms with Gasteiger partial charge in [-0.25, -0.2) is 0 Å². The van der Waals surface area contributed by atoms with Crippen LogP contribution >= 0.6 is 0 Å². The van der Waals surface area contributed by atoms with Crippen molar-refractivity contribution in [1.82, 2.24) is 5.32 Å². The molecule has 0 unspecified atom stereocenters. The van der Waals surface area contributed by atoms with Crippen molar-refractivity contribution in [3.05, 3.63) is 23.7 Å². The molecular weight excluding hydrogens is 238 g/mol. The lowest BCUT2D eigenvalue weighted by Crippen LogP contribution is -2.21. The third-order valence-corrected chi connectivity index (χ3v) is 3.75. The molecule has 0 amide bonds. The third kappa shape index (κ3) is 5.37. The summed E-state index contributed by atoms with van der Waals surface area (Å²) in [4.78, 5) is 0. The SMILES string of the molecule is CC(C)NCc1coc(COCC2CCCCC2)c1.